The molecule has 1 amide bonds. The summed E-state index contributed by atoms with van der Waals surface area (Å²) in [7, 11) is 0. The first-order chi connectivity index (χ1) is 13.7. The number of nitrogens with zero attached hydrogens (tertiary/aromatic N) is 1. The van der Waals surface area contributed by atoms with E-state index >= 15 is 0 Å². The monoisotopic (exact) mass is 383 g/mol. The van der Waals surface area contributed by atoms with E-state index in [1.807, 2.05) is 11.0 Å². The number of carbonyl (C=O) groups excluding carboxylic acids is 1. The van der Waals surface area contributed by atoms with Crippen LogP contribution in [0.5, 0.6) is 0 Å². The quantitative estimate of drug-likeness (QED) is 0.584. The Kier molecular flexibility index (Phi) is 8.14. The van der Waals surface area contributed by atoms with Crippen LogP contribution in [0.15, 0.2) is 30.3 Å². The van der Waals surface area contributed by atoms with Crippen LogP contribution in [-0.2, 0) is 9.53 Å². The molecule has 1 saturated carbocycles. The minimum atomic E-state index is 0.0843. The summed E-state index contributed by atoms with van der Waals surface area (Å²) >= 11 is 0. The van der Waals surface area contributed by atoms with Crippen LogP contribution < -0.4 is 0 Å². The summed E-state index contributed by atoms with van der Waals surface area (Å²) in [6, 6.07) is 8.25. The Labute approximate surface area is 171 Å². The van der Waals surface area contributed by atoms with E-state index in [1.54, 1.807) is 6.08 Å². The van der Waals surface area contributed by atoms with Gasteiger partial charge in [-0.3, -0.25) is 4.79 Å². The van der Waals surface area contributed by atoms with Crippen molar-refractivity contribution in [3.63, 3.8) is 0 Å². The molecule has 0 spiro atoms. The summed E-state index contributed by atoms with van der Waals surface area (Å²) in [5.74, 6) is 0.818. The van der Waals surface area contributed by atoms with Gasteiger partial charge in [0.1, 0.15) is 0 Å². The molecule has 0 bridgehead atoms. The Bertz CT molecular complexity index is 628. The van der Waals surface area contributed by atoms with Crippen molar-refractivity contribution in [3.05, 3.63) is 41.5 Å². The molecule has 3 heteroatoms. The molecule has 154 valence electrons. The van der Waals surface area contributed by atoms with E-state index in [0.29, 0.717) is 6.10 Å². The lowest BCUT2D eigenvalue weighted by Crippen LogP contribution is -2.37. The first kappa shape index (κ1) is 21.1. The lowest BCUT2D eigenvalue weighted by atomic mass is 9.86. The highest BCUT2D eigenvalue weighted by Gasteiger charge is 2.32. The van der Waals surface area contributed by atoms with Gasteiger partial charge in [0.2, 0.25) is 5.91 Å². The fraction of sp³-hybridized carbons (Fsp3) is 0.640. The highest BCUT2D eigenvalue weighted by molar-refractivity contribution is 5.91. The normalized spacial score (nSPS) is 24.2. The number of amides is 1. The fourth-order valence-corrected chi connectivity index (χ4v) is 4.65. The number of carbonyl (C=O) groups is 1. The number of ether oxygens (including phenoxy) is 1. The Morgan fingerprint density at radius 1 is 1.04 bits per heavy atom. The van der Waals surface area contributed by atoms with Gasteiger partial charge in [-0.15, -0.1) is 0 Å². The molecule has 28 heavy (non-hydrogen) atoms. The highest BCUT2D eigenvalue weighted by atomic mass is 16.5. The molecule has 1 aromatic rings. The molecule has 1 aliphatic heterocycles. The predicted octanol–water partition coefficient (Wildman–Crippen LogP) is 5.76. The molecule has 0 radical (unpaired) electrons. The molecule has 1 aliphatic carbocycles. The van der Waals surface area contributed by atoms with E-state index in [1.165, 1.54) is 56.9 Å². The van der Waals surface area contributed by atoms with Crippen LogP contribution in [0.4, 0.5) is 0 Å². The predicted molar refractivity (Wildman–Crippen MR) is 116 cm³/mol. The zero-order chi connectivity index (χ0) is 19.8. The number of likely N-dealkylation sites (N-methyl/N-ethyl adjacent to an activating group) is 1. The van der Waals surface area contributed by atoms with E-state index < -0.39 is 0 Å². The Morgan fingerprint density at radius 3 is 2.39 bits per heavy atom. The van der Waals surface area contributed by atoms with Crippen molar-refractivity contribution in [2.45, 2.75) is 83.8 Å². The van der Waals surface area contributed by atoms with Crippen LogP contribution in [-0.4, -0.2) is 36.1 Å². The number of hydrogen-bond acceptors (Lipinski definition) is 2. The van der Waals surface area contributed by atoms with Gasteiger partial charge in [0.25, 0.3) is 0 Å². The van der Waals surface area contributed by atoms with Gasteiger partial charge in [-0.1, -0.05) is 61.9 Å². The molecule has 1 saturated heterocycles. The van der Waals surface area contributed by atoms with Crippen LogP contribution in [0.25, 0.3) is 6.08 Å². The van der Waals surface area contributed by atoms with Gasteiger partial charge in [-0.05, 0) is 57.1 Å². The van der Waals surface area contributed by atoms with Gasteiger partial charge in [0.05, 0.1) is 12.2 Å². The van der Waals surface area contributed by atoms with Gasteiger partial charge in [-0.25, -0.2) is 0 Å². The summed E-state index contributed by atoms with van der Waals surface area (Å²) in [6.07, 6.45) is 16.0. The standard InChI is InChI=1S/C25H37NO2/c1-3-26(25(27)18-15-21-13-11-20(2)12-14-21)19-23-16-17-24(28-23)22-9-7-5-4-6-8-10-22/h11-15,18,22-24H,3-10,16-17,19H2,1-2H3/b18-15+. The van der Waals surface area contributed by atoms with Crippen molar-refractivity contribution >= 4 is 12.0 Å². The molecule has 2 unspecified atom stereocenters. The third kappa shape index (κ3) is 6.20. The second kappa shape index (κ2) is 10.8. The van der Waals surface area contributed by atoms with E-state index in [2.05, 4.69) is 38.1 Å². The van der Waals surface area contributed by atoms with Gasteiger partial charge in [0, 0.05) is 19.2 Å². The third-order valence-corrected chi connectivity index (χ3v) is 6.43. The first-order valence-electron chi connectivity index (χ1n) is 11.3. The fourth-order valence-electron chi connectivity index (χ4n) is 4.65. The molecular weight excluding hydrogens is 346 g/mol. The molecule has 1 heterocycles. The average Bonchev–Trinajstić information content (AvgIpc) is 3.13. The van der Waals surface area contributed by atoms with Gasteiger partial charge in [0.15, 0.2) is 0 Å². The van der Waals surface area contributed by atoms with Gasteiger partial charge in [-0.2, -0.15) is 0 Å². The highest BCUT2D eigenvalue weighted by Crippen LogP contribution is 2.33. The summed E-state index contributed by atoms with van der Waals surface area (Å²) in [6.45, 7) is 5.57. The molecular formula is C25H37NO2. The molecule has 2 fully saturated rings. The van der Waals surface area contributed by atoms with Crippen LogP contribution in [0, 0.1) is 12.8 Å². The number of hydrogen-bond donors (Lipinski definition) is 0. The maximum absolute atomic E-state index is 12.7. The van der Waals surface area contributed by atoms with Crippen molar-refractivity contribution in [1.29, 1.82) is 0 Å². The Balaban J connectivity index is 1.50. The summed E-state index contributed by atoms with van der Waals surface area (Å²) in [4.78, 5) is 14.6. The molecule has 0 aromatic heterocycles. The molecule has 3 nitrogen and oxygen atoms in total. The number of rotatable bonds is 6. The van der Waals surface area contributed by atoms with Crippen molar-refractivity contribution < 1.29 is 9.53 Å². The maximum Gasteiger partial charge on any atom is 0.246 e. The second-order valence-corrected chi connectivity index (χ2v) is 8.60. The third-order valence-electron chi connectivity index (χ3n) is 6.43. The van der Waals surface area contributed by atoms with Crippen molar-refractivity contribution in [1.82, 2.24) is 4.90 Å². The van der Waals surface area contributed by atoms with Gasteiger partial charge >= 0.3 is 0 Å². The van der Waals surface area contributed by atoms with E-state index in [-0.39, 0.29) is 12.0 Å². The lowest BCUT2D eigenvalue weighted by molar-refractivity contribution is -0.127. The molecule has 2 aliphatic rings. The minimum absolute atomic E-state index is 0.0843. The zero-order valence-electron chi connectivity index (χ0n) is 17.7. The SMILES string of the molecule is CCN(CC1CCC(C2CCCCCCC2)O1)C(=O)/C=C/c1ccc(C)cc1. The minimum Gasteiger partial charge on any atom is -0.373 e. The van der Waals surface area contributed by atoms with Gasteiger partial charge < -0.3 is 9.64 Å². The van der Waals surface area contributed by atoms with E-state index in [0.717, 1.165) is 31.0 Å². The van der Waals surface area contributed by atoms with Crippen LogP contribution in [0.2, 0.25) is 0 Å². The largest absolute Gasteiger partial charge is 0.373 e. The lowest BCUT2D eigenvalue weighted by Gasteiger charge is -2.27. The topological polar surface area (TPSA) is 29.5 Å². The van der Waals surface area contributed by atoms with Crippen molar-refractivity contribution in [3.8, 4) is 0 Å². The summed E-state index contributed by atoms with van der Waals surface area (Å²) in [5.41, 5.74) is 2.30. The zero-order valence-corrected chi connectivity index (χ0v) is 17.7. The molecule has 3 rings (SSSR count). The second-order valence-electron chi connectivity index (χ2n) is 8.60. The van der Waals surface area contributed by atoms with Crippen LogP contribution in [0.1, 0.15) is 75.8 Å². The molecule has 0 N–H and O–H groups in total. The van der Waals surface area contributed by atoms with Crippen molar-refractivity contribution in [2.24, 2.45) is 5.92 Å². The van der Waals surface area contributed by atoms with Crippen molar-refractivity contribution in [2.75, 3.05) is 13.1 Å². The average molecular weight is 384 g/mol. The molecule has 1 aromatic carbocycles. The summed E-state index contributed by atoms with van der Waals surface area (Å²) in [5, 5.41) is 0. The number of aryl methyl sites for hydroxylation is 1. The smallest absolute Gasteiger partial charge is 0.246 e. The van der Waals surface area contributed by atoms with E-state index in [9.17, 15) is 4.79 Å². The number of benzene rings is 1. The Hall–Kier alpha value is -1.61. The molecule has 2 atom stereocenters. The maximum atomic E-state index is 12.7. The summed E-state index contributed by atoms with van der Waals surface area (Å²) < 4.78 is 6.44. The first-order valence-corrected chi connectivity index (χ1v) is 11.3. The van der Waals surface area contributed by atoms with E-state index in [4.69, 9.17) is 4.74 Å². The van der Waals surface area contributed by atoms with Crippen LogP contribution in [0.3, 0.4) is 0 Å². The Morgan fingerprint density at radius 2 is 1.71 bits per heavy atom. The van der Waals surface area contributed by atoms with Crippen LogP contribution >= 0.6 is 0 Å².